The average Bonchev–Trinajstić information content (AvgIpc) is 2.01. The van der Waals surface area contributed by atoms with E-state index in [4.69, 9.17) is 5.11 Å². The Kier molecular flexibility index (Phi) is 2.52. The first-order valence-corrected chi connectivity index (χ1v) is 3.29. The second-order valence-electron chi connectivity index (χ2n) is 2.31. The third-order valence-corrected chi connectivity index (χ3v) is 1.46. The van der Waals surface area contributed by atoms with E-state index in [1.807, 2.05) is 0 Å². The van der Waals surface area contributed by atoms with E-state index < -0.39 is 28.9 Å². The van der Waals surface area contributed by atoms with Gasteiger partial charge >= 0.3 is 5.69 Å². The van der Waals surface area contributed by atoms with Gasteiger partial charge in [-0.2, -0.15) is 4.39 Å². The molecule has 0 bridgehead atoms. The highest BCUT2D eigenvalue weighted by Gasteiger charge is 2.20. The fraction of sp³-hybridized carbons (Fsp3) is 0.143. The molecule has 6 heteroatoms. The highest BCUT2D eigenvalue weighted by Crippen LogP contribution is 2.23. The van der Waals surface area contributed by atoms with Gasteiger partial charge < -0.3 is 5.11 Å². The molecule has 4 nitrogen and oxygen atoms in total. The summed E-state index contributed by atoms with van der Waals surface area (Å²) in [7, 11) is 0. The molecule has 0 aliphatic heterocycles. The number of hydrogen-bond donors (Lipinski definition) is 1. The summed E-state index contributed by atoms with van der Waals surface area (Å²) in [5, 5.41) is 18.8. The molecule has 0 spiro atoms. The van der Waals surface area contributed by atoms with Gasteiger partial charge in [-0.3, -0.25) is 10.1 Å². The number of rotatable bonds is 2. The van der Waals surface area contributed by atoms with Crippen LogP contribution in [0.3, 0.4) is 0 Å². The lowest BCUT2D eigenvalue weighted by Gasteiger charge is -1.99. The number of aliphatic hydroxyl groups excluding tert-OH is 1. The van der Waals surface area contributed by atoms with E-state index in [1.54, 1.807) is 0 Å². The Hall–Kier alpha value is -1.56. The maximum absolute atomic E-state index is 12.8. The van der Waals surface area contributed by atoms with Crippen LogP contribution in [0.4, 0.5) is 14.5 Å². The SMILES string of the molecule is O=[N+]([O-])c1c(F)cc(F)cc1CO. The minimum absolute atomic E-state index is 0.373. The number of aliphatic hydroxyl groups is 1. The van der Waals surface area contributed by atoms with Crippen molar-refractivity contribution in [2.75, 3.05) is 0 Å². The van der Waals surface area contributed by atoms with Crippen molar-refractivity contribution in [1.82, 2.24) is 0 Å². The number of halogens is 2. The smallest absolute Gasteiger partial charge is 0.310 e. The Labute approximate surface area is 71.6 Å². The third-order valence-electron chi connectivity index (χ3n) is 1.46. The van der Waals surface area contributed by atoms with Gasteiger partial charge in [0.2, 0.25) is 5.82 Å². The van der Waals surface area contributed by atoms with Crippen LogP contribution in [0.15, 0.2) is 12.1 Å². The summed E-state index contributed by atoms with van der Waals surface area (Å²) in [6.07, 6.45) is 0. The largest absolute Gasteiger partial charge is 0.391 e. The summed E-state index contributed by atoms with van der Waals surface area (Å²) in [4.78, 5) is 9.25. The van der Waals surface area contributed by atoms with Crippen LogP contribution in [0, 0.1) is 21.7 Å². The fourth-order valence-corrected chi connectivity index (χ4v) is 0.944. The fourth-order valence-electron chi connectivity index (χ4n) is 0.944. The van der Waals surface area contributed by atoms with Crippen molar-refractivity contribution < 1.29 is 18.8 Å². The molecular weight excluding hydrogens is 184 g/mol. The average molecular weight is 189 g/mol. The van der Waals surface area contributed by atoms with Gasteiger partial charge in [-0.15, -0.1) is 0 Å². The normalized spacial score (nSPS) is 10.1. The first-order chi connectivity index (χ1) is 6.06. The number of nitrogens with zero attached hydrogens (tertiary/aromatic N) is 1. The zero-order valence-electron chi connectivity index (χ0n) is 6.33. The molecule has 1 aromatic carbocycles. The molecule has 0 saturated carbocycles. The molecule has 1 rings (SSSR count). The van der Waals surface area contributed by atoms with E-state index in [0.29, 0.717) is 6.07 Å². The van der Waals surface area contributed by atoms with Crippen molar-refractivity contribution >= 4 is 5.69 Å². The van der Waals surface area contributed by atoms with E-state index in [9.17, 15) is 18.9 Å². The van der Waals surface area contributed by atoms with Crippen molar-refractivity contribution in [2.45, 2.75) is 6.61 Å². The van der Waals surface area contributed by atoms with Crippen LogP contribution < -0.4 is 0 Å². The summed E-state index contributed by atoms with van der Waals surface area (Å²) in [6, 6.07) is 1.12. The maximum Gasteiger partial charge on any atom is 0.310 e. The summed E-state index contributed by atoms with van der Waals surface area (Å²) < 4.78 is 25.2. The molecule has 0 aliphatic carbocycles. The quantitative estimate of drug-likeness (QED) is 0.564. The molecule has 1 aromatic rings. The van der Waals surface area contributed by atoms with Crippen LogP contribution in [0.2, 0.25) is 0 Å². The third kappa shape index (κ3) is 1.78. The lowest BCUT2D eigenvalue weighted by molar-refractivity contribution is -0.388. The first kappa shape index (κ1) is 9.53. The van der Waals surface area contributed by atoms with Gasteiger partial charge in [0.15, 0.2) is 0 Å². The lowest BCUT2D eigenvalue weighted by Crippen LogP contribution is -2.00. The molecule has 0 fully saturated rings. The van der Waals surface area contributed by atoms with Gasteiger partial charge in [-0.1, -0.05) is 0 Å². The summed E-state index contributed by atoms with van der Waals surface area (Å²) in [5.41, 5.74) is -1.26. The molecule has 70 valence electrons. The molecule has 0 amide bonds. The lowest BCUT2D eigenvalue weighted by atomic mass is 10.2. The van der Waals surface area contributed by atoms with Crippen LogP contribution >= 0.6 is 0 Å². The standard InChI is InChI=1S/C7H5F2NO3/c8-5-1-4(3-11)7(10(12)13)6(9)2-5/h1-2,11H,3H2. The Morgan fingerprint density at radius 2 is 2.08 bits per heavy atom. The van der Waals surface area contributed by atoms with Crippen molar-refractivity contribution in [3.63, 3.8) is 0 Å². The molecule has 0 saturated heterocycles. The number of nitro groups is 1. The maximum atomic E-state index is 12.8. The Morgan fingerprint density at radius 3 is 2.54 bits per heavy atom. The van der Waals surface area contributed by atoms with Crippen LogP contribution in [0.1, 0.15) is 5.56 Å². The van der Waals surface area contributed by atoms with Crippen molar-refractivity contribution in [3.05, 3.63) is 39.4 Å². The van der Waals surface area contributed by atoms with Crippen LogP contribution in [-0.4, -0.2) is 10.0 Å². The number of nitro benzene ring substituents is 1. The Morgan fingerprint density at radius 1 is 1.46 bits per heavy atom. The molecule has 0 atom stereocenters. The summed E-state index contributed by atoms with van der Waals surface area (Å²) >= 11 is 0. The van der Waals surface area contributed by atoms with E-state index in [-0.39, 0.29) is 5.56 Å². The molecule has 1 N–H and O–H groups in total. The van der Waals surface area contributed by atoms with Gasteiger partial charge in [-0.25, -0.2) is 4.39 Å². The zero-order chi connectivity index (χ0) is 10.0. The van der Waals surface area contributed by atoms with Crippen LogP contribution in [-0.2, 0) is 6.61 Å². The van der Waals surface area contributed by atoms with Crippen molar-refractivity contribution in [2.24, 2.45) is 0 Å². The Bertz CT molecular complexity index is 354. The van der Waals surface area contributed by atoms with Crippen LogP contribution in [0.5, 0.6) is 0 Å². The monoisotopic (exact) mass is 189 g/mol. The molecule has 0 aromatic heterocycles. The van der Waals surface area contributed by atoms with Gasteiger partial charge in [0.05, 0.1) is 17.1 Å². The number of hydrogen-bond acceptors (Lipinski definition) is 3. The molecule has 13 heavy (non-hydrogen) atoms. The van der Waals surface area contributed by atoms with Gasteiger partial charge in [0, 0.05) is 6.07 Å². The van der Waals surface area contributed by atoms with E-state index in [2.05, 4.69) is 0 Å². The second kappa shape index (κ2) is 3.44. The topological polar surface area (TPSA) is 63.4 Å². The van der Waals surface area contributed by atoms with Gasteiger partial charge in [0.1, 0.15) is 5.82 Å². The number of benzene rings is 1. The van der Waals surface area contributed by atoms with Crippen molar-refractivity contribution in [3.8, 4) is 0 Å². The molecule has 0 heterocycles. The predicted molar refractivity (Wildman–Crippen MR) is 38.9 cm³/mol. The predicted octanol–water partition coefficient (Wildman–Crippen LogP) is 1.37. The van der Waals surface area contributed by atoms with E-state index >= 15 is 0 Å². The highest BCUT2D eigenvalue weighted by atomic mass is 19.1. The second-order valence-corrected chi connectivity index (χ2v) is 2.31. The van der Waals surface area contributed by atoms with E-state index in [1.165, 1.54) is 0 Å². The van der Waals surface area contributed by atoms with E-state index in [0.717, 1.165) is 6.07 Å². The molecule has 0 unspecified atom stereocenters. The summed E-state index contributed by atoms with van der Waals surface area (Å²) in [5.74, 6) is -2.24. The Balaban J connectivity index is 3.38. The molecule has 0 radical (unpaired) electrons. The summed E-state index contributed by atoms with van der Waals surface area (Å²) in [6.45, 7) is -0.773. The molecular formula is C7H5F2NO3. The first-order valence-electron chi connectivity index (χ1n) is 3.29. The highest BCUT2D eigenvalue weighted by molar-refractivity contribution is 5.41. The minimum Gasteiger partial charge on any atom is -0.391 e. The van der Waals surface area contributed by atoms with Crippen molar-refractivity contribution in [1.29, 1.82) is 0 Å². The minimum atomic E-state index is -1.28. The molecule has 0 aliphatic rings. The van der Waals surface area contributed by atoms with Crippen LogP contribution in [0.25, 0.3) is 0 Å². The zero-order valence-corrected chi connectivity index (χ0v) is 6.33. The van der Waals surface area contributed by atoms with Gasteiger partial charge in [0.25, 0.3) is 0 Å². The van der Waals surface area contributed by atoms with Gasteiger partial charge in [-0.05, 0) is 6.07 Å².